The van der Waals surface area contributed by atoms with Crippen LogP contribution in [0.4, 0.5) is 5.69 Å². The average molecular weight is 361 g/mol. The van der Waals surface area contributed by atoms with E-state index in [2.05, 4.69) is 5.32 Å². The maximum atomic E-state index is 12.0. The number of phenolic OH excluding ortho intramolecular Hbond substituents is 1. The van der Waals surface area contributed by atoms with Gasteiger partial charge in [-0.15, -0.1) is 0 Å². The van der Waals surface area contributed by atoms with E-state index in [9.17, 15) is 14.7 Å². The second kappa shape index (κ2) is 8.61. The van der Waals surface area contributed by atoms with E-state index in [4.69, 9.17) is 18.9 Å². The molecule has 2 N–H and O–H groups in total. The number of benzene rings is 2. The summed E-state index contributed by atoms with van der Waals surface area (Å²) in [6.45, 7) is -0.533. The summed E-state index contributed by atoms with van der Waals surface area (Å²) in [4.78, 5) is 24.0. The molecule has 0 aliphatic heterocycles. The maximum Gasteiger partial charge on any atom is 0.342 e. The highest BCUT2D eigenvalue weighted by atomic mass is 16.5. The molecule has 0 spiro atoms. The van der Waals surface area contributed by atoms with Gasteiger partial charge in [-0.05, 0) is 18.2 Å². The lowest BCUT2D eigenvalue weighted by Gasteiger charge is -2.11. The van der Waals surface area contributed by atoms with Crippen LogP contribution in [0.25, 0.3) is 0 Å². The van der Waals surface area contributed by atoms with Crippen molar-refractivity contribution >= 4 is 17.6 Å². The zero-order valence-corrected chi connectivity index (χ0v) is 14.6. The lowest BCUT2D eigenvalue weighted by atomic mass is 10.2. The predicted molar refractivity (Wildman–Crippen MR) is 93.1 cm³/mol. The van der Waals surface area contributed by atoms with Gasteiger partial charge in [-0.25, -0.2) is 4.79 Å². The predicted octanol–water partition coefficient (Wildman–Crippen LogP) is 2.21. The number of carbonyl (C=O) groups is 2. The molecule has 0 fully saturated rings. The first-order valence-electron chi connectivity index (χ1n) is 7.54. The van der Waals surface area contributed by atoms with Crippen molar-refractivity contribution < 1.29 is 33.6 Å². The molecule has 0 aromatic heterocycles. The summed E-state index contributed by atoms with van der Waals surface area (Å²) in [6, 6.07) is 8.96. The minimum absolute atomic E-state index is 0.0970. The number of methoxy groups -OCH3 is 3. The van der Waals surface area contributed by atoms with Crippen LogP contribution in [0.5, 0.6) is 23.0 Å². The molecule has 0 aliphatic carbocycles. The smallest absolute Gasteiger partial charge is 0.342 e. The summed E-state index contributed by atoms with van der Waals surface area (Å²) < 4.78 is 20.1. The minimum atomic E-state index is -0.847. The average Bonchev–Trinajstić information content (AvgIpc) is 2.66. The molecule has 0 aliphatic rings. The van der Waals surface area contributed by atoms with Crippen molar-refractivity contribution in [2.24, 2.45) is 0 Å². The number of esters is 1. The maximum absolute atomic E-state index is 12.0. The number of hydrogen-bond acceptors (Lipinski definition) is 7. The van der Waals surface area contributed by atoms with Gasteiger partial charge < -0.3 is 29.4 Å². The number of rotatable bonds is 7. The van der Waals surface area contributed by atoms with Crippen molar-refractivity contribution in [2.45, 2.75) is 0 Å². The fourth-order valence-electron chi connectivity index (χ4n) is 2.09. The number of carbonyl (C=O) groups excluding carboxylic acids is 2. The molecule has 1 amide bonds. The van der Waals surface area contributed by atoms with Gasteiger partial charge >= 0.3 is 5.97 Å². The first-order chi connectivity index (χ1) is 12.5. The SMILES string of the molecule is COc1cc(NC(=O)COC(=O)c2cc(OC)ccc2O)cc(OC)c1. The lowest BCUT2D eigenvalue weighted by molar-refractivity contribution is -0.119. The van der Waals surface area contributed by atoms with E-state index in [-0.39, 0.29) is 11.3 Å². The van der Waals surface area contributed by atoms with E-state index >= 15 is 0 Å². The van der Waals surface area contributed by atoms with Crippen LogP contribution in [0.1, 0.15) is 10.4 Å². The standard InChI is InChI=1S/C18H19NO7/c1-23-12-4-5-16(20)15(9-12)18(22)26-10-17(21)19-11-6-13(24-2)8-14(7-11)25-3/h4-9,20H,10H2,1-3H3,(H,19,21). The van der Waals surface area contributed by atoms with Crippen molar-refractivity contribution in [3.63, 3.8) is 0 Å². The molecule has 138 valence electrons. The Bertz CT molecular complexity index is 782. The quantitative estimate of drug-likeness (QED) is 0.729. The van der Waals surface area contributed by atoms with Crippen LogP contribution in [0.15, 0.2) is 36.4 Å². The van der Waals surface area contributed by atoms with Crippen molar-refractivity contribution in [3.05, 3.63) is 42.0 Å². The second-order valence-electron chi connectivity index (χ2n) is 5.11. The van der Waals surface area contributed by atoms with Gasteiger partial charge in [0.15, 0.2) is 6.61 Å². The molecular weight excluding hydrogens is 342 g/mol. The van der Waals surface area contributed by atoms with Gasteiger partial charge in [0.25, 0.3) is 5.91 Å². The lowest BCUT2D eigenvalue weighted by Crippen LogP contribution is -2.21. The Morgan fingerprint density at radius 3 is 2.12 bits per heavy atom. The Hall–Kier alpha value is -3.42. The summed E-state index contributed by atoms with van der Waals surface area (Å²) in [5.41, 5.74) is 0.326. The highest BCUT2D eigenvalue weighted by molar-refractivity contribution is 5.97. The van der Waals surface area contributed by atoms with E-state index in [0.29, 0.717) is 22.9 Å². The number of anilines is 1. The Morgan fingerprint density at radius 2 is 1.54 bits per heavy atom. The third-order valence-corrected chi connectivity index (χ3v) is 3.39. The molecule has 0 heterocycles. The van der Waals surface area contributed by atoms with E-state index in [1.54, 1.807) is 18.2 Å². The molecule has 0 bridgehead atoms. The minimum Gasteiger partial charge on any atom is -0.507 e. The molecular formula is C18H19NO7. The van der Waals surface area contributed by atoms with Gasteiger partial charge in [0.05, 0.1) is 21.3 Å². The molecule has 26 heavy (non-hydrogen) atoms. The number of phenols is 1. The zero-order chi connectivity index (χ0) is 19.1. The van der Waals surface area contributed by atoms with Crippen LogP contribution in [-0.2, 0) is 9.53 Å². The van der Waals surface area contributed by atoms with E-state index in [1.807, 2.05) is 0 Å². The van der Waals surface area contributed by atoms with Gasteiger partial charge in [-0.3, -0.25) is 4.79 Å². The van der Waals surface area contributed by atoms with Gasteiger partial charge in [0, 0.05) is 23.9 Å². The van der Waals surface area contributed by atoms with Crippen LogP contribution >= 0.6 is 0 Å². The fraction of sp³-hybridized carbons (Fsp3) is 0.222. The molecule has 8 nitrogen and oxygen atoms in total. The van der Waals surface area contributed by atoms with Gasteiger partial charge in [0.2, 0.25) is 0 Å². The Labute approximate surface area is 150 Å². The van der Waals surface area contributed by atoms with Gasteiger partial charge in [0.1, 0.15) is 28.6 Å². The number of aromatic hydroxyl groups is 1. The Balaban J connectivity index is 2.00. The molecule has 8 heteroatoms. The topological polar surface area (TPSA) is 103 Å². The van der Waals surface area contributed by atoms with Crippen LogP contribution in [0.2, 0.25) is 0 Å². The van der Waals surface area contributed by atoms with Crippen LogP contribution in [0.3, 0.4) is 0 Å². The molecule has 0 atom stereocenters. The fourth-order valence-corrected chi connectivity index (χ4v) is 2.09. The summed E-state index contributed by atoms with van der Waals surface area (Å²) >= 11 is 0. The van der Waals surface area contributed by atoms with Crippen molar-refractivity contribution in [1.82, 2.24) is 0 Å². The Kier molecular flexibility index (Phi) is 6.26. The summed E-state index contributed by atoms with van der Waals surface area (Å²) in [5.74, 6) is -0.303. The normalized spacial score (nSPS) is 9.96. The first-order valence-corrected chi connectivity index (χ1v) is 7.54. The first kappa shape index (κ1) is 18.9. The van der Waals surface area contributed by atoms with Crippen molar-refractivity contribution in [1.29, 1.82) is 0 Å². The van der Waals surface area contributed by atoms with Crippen molar-refractivity contribution in [3.8, 4) is 23.0 Å². The van der Waals surface area contributed by atoms with E-state index < -0.39 is 18.5 Å². The summed E-state index contributed by atoms with van der Waals surface area (Å²) in [6.07, 6.45) is 0. The molecule has 0 saturated heterocycles. The largest absolute Gasteiger partial charge is 0.507 e. The third kappa shape index (κ3) is 4.79. The van der Waals surface area contributed by atoms with E-state index in [0.717, 1.165) is 0 Å². The number of nitrogens with one attached hydrogen (secondary N) is 1. The molecule has 0 unspecified atom stereocenters. The Morgan fingerprint density at radius 1 is 0.923 bits per heavy atom. The monoisotopic (exact) mass is 361 g/mol. The van der Waals surface area contributed by atoms with E-state index in [1.165, 1.54) is 39.5 Å². The summed E-state index contributed by atoms with van der Waals surface area (Å²) in [5, 5.41) is 12.3. The number of hydrogen-bond donors (Lipinski definition) is 2. The number of amides is 1. The summed E-state index contributed by atoms with van der Waals surface area (Å²) in [7, 11) is 4.41. The van der Waals surface area contributed by atoms with Crippen LogP contribution < -0.4 is 19.5 Å². The number of ether oxygens (including phenoxy) is 4. The molecule has 2 aromatic carbocycles. The molecule has 0 saturated carbocycles. The van der Waals surface area contributed by atoms with Crippen LogP contribution in [0, 0.1) is 0 Å². The highest BCUT2D eigenvalue weighted by Gasteiger charge is 2.16. The molecule has 0 radical (unpaired) electrons. The second-order valence-corrected chi connectivity index (χ2v) is 5.11. The van der Waals surface area contributed by atoms with Gasteiger partial charge in [-0.1, -0.05) is 0 Å². The van der Waals surface area contributed by atoms with Crippen molar-refractivity contribution in [2.75, 3.05) is 33.3 Å². The zero-order valence-electron chi connectivity index (χ0n) is 14.6. The van der Waals surface area contributed by atoms with Crippen LogP contribution in [-0.4, -0.2) is 44.9 Å². The highest BCUT2D eigenvalue weighted by Crippen LogP contribution is 2.26. The molecule has 2 rings (SSSR count). The van der Waals surface area contributed by atoms with Gasteiger partial charge in [-0.2, -0.15) is 0 Å². The third-order valence-electron chi connectivity index (χ3n) is 3.39. The molecule has 2 aromatic rings.